The number of rotatable bonds is 13. The number of nitrogens with one attached hydrogen (secondary N) is 4. The van der Waals surface area contributed by atoms with Crippen LogP contribution in [0.25, 0.3) is 11.1 Å². The molecule has 4 N–H and O–H groups in total. The minimum atomic E-state index is -1.03. The molecule has 11 nitrogen and oxygen atoms in total. The Kier molecular flexibility index (Phi) is 12.6. The van der Waals surface area contributed by atoms with Gasteiger partial charge in [0.05, 0.1) is 33.5 Å². The summed E-state index contributed by atoms with van der Waals surface area (Å²) in [5.41, 5.74) is 1.59. The second-order valence-corrected chi connectivity index (χ2v) is 11.8. The molecular weight excluding hydrogens is 619 g/mol. The van der Waals surface area contributed by atoms with E-state index < -0.39 is 41.8 Å². The summed E-state index contributed by atoms with van der Waals surface area (Å²) in [6.45, 7) is 8.78. The number of nitrogens with zero attached hydrogens (tertiary/aromatic N) is 2. The molecule has 2 aromatic carbocycles. The van der Waals surface area contributed by atoms with Crippen molar-refractivity contribution in [2.75, 3.05) is 5.32 Å². The van der Waals surface area contributed by atoms with Crippen molar-refractivity contribution in [2.45, 2.75) is 59.2 Å². The van der Waals surface area contributed by atoms with Crippen molar-refractivity contribution >= 4 is 58.8 Å². The Balaban J connectivity index is 1.89. The van der Waals surface area contributed by atoms with Crippen LogP contribution in [0.3, 0.4) is 0 Å². The summed E-state index contributed by atoms with van der Waals surface area (Å²) in [6.07, 6.45) is 5.08. The number of carbonyl (C=O) groups is 5. The lowest BCUT2D eigenvalue weighted by molar-refractivity contribution is -0.129. The smallest absolute Gasteiger partial charge is 0.272 e. The van der Waals surface area contributed by atoms with Gasteiger partial charge in [0.2, 0.25) is 11.8 Å². The fraction of sp³-hybridized carbons (Fsp3) is 0.344. The molecule has 0 spiro atoms. The van der Waals surface area contributed by atoms with Gasteiger partial charge >= 0.3 is 0 Å². The van der Waals surface area contributed by atoms with Gasteiger partial charge in [0.1, 0.15) is 24.1 Å². The van der Waals surface area contributed by atoms with E-state index in [0.717, 1.165) is 0 Å². The van der Waals surface area contributed by atoms with Crippen LogP contribution < -0.4 is 21.3 Å². The van der Waals surface area contributed by atoms with Crippen LogP contribution in [0, 0.1) is 11.8 Å². The number of hydrogen-bond donors (Lipinski definition) is 4. The first-order valence-corrected chi connectivity index (χ1v) is 15.2. The predicted molar refractivity (Wildman–Crippen MR) is 173 cm³/mol. The molecular formula is C32H36Cl2N6O5. The molecule has 3 atom stereocenters. The van der Waals surface area contributed by atoms with Gasteiger partial charge in [-0.3, -0.25) is 24.2 Å². The van der Waals surface area contributed by atoms with Gasteiger partial charge in [-0.25, -0.2) is 4.98 Å². The first-order valence-electron chi connectivity index (χ1n) is 14.4. The van der Waals surface area contributed by atoms with Crippen LogP contribution >= 0.6 is 23.2 Å². The molecule has 13 heteroatoms. The summed E-state index contributed by atoms with van der Waals surface area (Å²) in [7, 11) is 0. The Morgan fingerprint density at radius 3 is 2.02 bits per heavy atom. The quantitative estimate of drug-likeness (QED) is 0.195. The molecule has 4 amide bonds. The van der Waals surface area contributed by atoms with E-state index in [1.807, 2.05) is 0 Å². The fourth-order valence-corrected chi connectivity index (χ4v) is 4.63. The monoisotopic (exact) mass is 654 g/mol. The number of halogens is 2. The molecule has 238 valence electrons. The van der Waals surface area contributed by atoms with Gasteiger partial charge in [0.15, 0.2) is 0 Å². The number of aromatic nitrogens is 2. The van der Waals surface area contributed by atoms with E-state index in [4.69, 9.17) is 23.2 Å². The Hall–Kier alpha value is -4.35. The van der Waals surface area contributed by atoms with Crippen LogP contribution in [0.4, 0.5) is 5.69 Å². The topological polar surface area (TPSA) is 159 Å². The van der Waals surface area contributed by atoms with E-state index in [0.29, 0.717) is 33.9 Å². The lowest BCUT2D eigenvalue weighted by atomic mass is 9.98. The van der Waals surface area contributed by atoms with Gasteiger partial charge in [-0.2, -0.15) is 0 Å². The molecule has 3 unspecified atom stereocenters. The minimum Gasteiger partial charge on any atom is -0.342 e. The van der Waals surface area contributed by atoms with Gasteiger partial charge in [0.25, 0.3) is 11.8 Å². The van der Waals surface area contributed by atoms with Crippen molar-refractivity contribution < 1.29 is 24.0 Å². The molecule has 1 heterocycles. The number of amides is 4. The van der Waals surface area contributed by atoms with E-state index in [9.17, 15) is 24.0 Å². The summed E-state index contributed by atoms with van der Waals surface area (Å²) < 4.78 is 0. The standard InChI is InChI=1S/C32H36Cl2N6O5/c1-6-21(16-41)37-29(42)22-13-19(20-7-9-23(33)24(34)14-20)8-10-25(22)38-31(44)27(17(2)3)40-32(45)28(18(4)5)39-30(43)26-15-35-11-12-36-26/h7-18,21,27-28H,6H2,1-5H3,(H,37,42)(H,38,44)(H,39,43)(H,40,45). The molecule has 0 aliphatic heterocycles. The first kappa shape index (κ1) is 35.1. The predicted octanol–water partition coefficient (Wildman–Crippen LogP) is 4.69. The molecule has 0 saturated heterocycles. The van der Waals surface area contributed by atoms with E-state index in [1.54, 1.807) is 71.0 Å². The lowest BCUT2D eigenvalue weighted by Gasteiger charge is -2.27. The third-order valence-corrected chi connectivity index (χ3v) is 7.71. The zero-order valence-corrected chi connectivity index (χ0v) is 27.1. The Morgan fingerprint density at radius 2 is 1.44 bits per heavy atom. The van der Waals surface area contributed by atoms with Crippen molar-refractivity contribution in [2.24, 2.45) is 11.8 Å². The third kappa shape index (κ3) is 9.32. The molecule has 0 aliphatic rings. The summed E-state index contributed by atoms with van der Waals surface area (Å²) >= 11 is 12.3. The molecule has 45 heavy (non-hydrogen) atoms. The highest BCUT2D eigenvalue weighted by Crippen LogP contribution is 2.31. The Bertz CT molecular complexity index is 1550. The van der Waals surface area contributed by atoms with Gasteiger partial charge in [-0.1, -0.05) is 70.0 Å². The summed E-state index contributed by atoms with van der Waals surface area (Å²) in [6, 6.07) is 7.10. The number of aldehydes is 1. The van der Waals surface area contributed by atoms with Gasteiger partial charge in [0, 0.05) is 12.4 Å². The molecule has 0 aliphatic carbocycles. The summed E-state index contributed by atoms with van der Waals surface area (Å²) in [5, 5.41) is 11.5. The van der Waals surface area contributed by atoms with Crippen LogP contribution in [0.2, 0.25) is 10.0 Å². The number of hydrogen-bond acceptors (Lipinski definition) is 7. The van der Waals surface area contributed by atoms with E-state index >= 15 is 0 Å². The largest absolute Gasteiger partial charge is 0.342 e. The fourth-order valence-electron chi connectivity index (χ4n) is 4.33. The van der Waals surface area contributed by atoms with Crippen molar-refractivity contribution in [1.82, 2.24) is 25.9 Å². The van der Waals surface area contributed by atoms with Crippen LogP contribution in [-0.2, 0) is 14.4 Å². The lowest BCUT2D eigenvalue weighted by Crippen LogP contribution is -2.56. The number of anilines is 1. The highest BCUT2D eigenvalue weighted by molar-refractivity contribution is 6.42. The zero-order valence-electron chi connectivity index (χ0n) is 25.6. The molecule has 3 rings (SSSR count). The zero-order chi connectivity index (χ0) is 33.3. The molecule has 1 aromatic heterocycles. The van der Waals surface area contributed by atoms with E-state index in [-0.39, 0.29) is 28.8 Å². The highest BCUT2D eigenvalue weighted by Gasteiger charge is 2.31. The van der Waals surface area contributed by atoms with E-state index in [2.05, 4.69) is 31.2 Å². The van der Waals surface area contributed by atoms with Gasteiger partial charge in [-0.05, 0) is 53.6 Å². The summed E-state index contributed by atoms with van der Waals surface area (Å²) in [5.74, 6) is -3.01. The van der Waals surface area contributed by atoms with Crippen molar-refractivity contribution in [3.63, 3.8) is 0 Å². The van der Waals surface area contributed by atoms with Crippen molar-refractivity contribution in [3.05, 3.63) is 76.3 Å². The Labute approximate surface area is 271 Å². The van der Waals surface area contributed by atoms with Gasteiger partial charge < -0.3 is 26.1 Å². The van der Waals surface area contributed by atoms with Crippen LogP contribution in [0.5, 0.6) is 0 Å². The van der Waals surface area contributed by atoms with Crippen molar-refractivity contribution in [3.8, 4) is 11.1 Å². The maximum Gasteiger partial charge on any atom is 0.272 e. The molecule has 0 radical (unpaired) electrons. The number of benzene rings is 2. The maximum absolute atomic E-state index is 13.6. The maximum atomic E-state index is 13.6. The first-order chi connectivity index (χ1) is 21.4. The molecule has 0 bridgehead atoms. The average Bonchev–Trinajstić information content (AvgIpc) is 3.02. The van der Waals surface area contributed by atoms with Crippen LogP contribution in [0.1, 0.15) is 61.9 Å². The van der Waals surface area contributed by atoms with E-state index in [1.165, 1.54) is 18.6 Å². The minimum absolute atomic E-state index is 0.0455. The molecule has 0 saturated carbocycles. The van der Waals surface area contributed by atoms with Crippen LogP contribution in [0.15, 0.2) is 55.0 Å². The second kappa shape index (κ2) is 16.1. The SMILES string of the molecule is CCC(C=O)NC(=O)c1cc(-c2ccc(Cl)c(Cl)c2)ccc1NC(=O)C(NC(=O)C(NC(=O)c1cnccn1)C(C)C)C(C)C. The molecule has 3 aromatic rings. The van der Waals surface area contributed by atoms with Gasteiger partial charge in [-0.15, -0.1) is 0 Å². The van der Waals surface area contributed by atoms with Crippen LogP contribution in [-0.4, -0.2) is 58.0 Å². The third-order valence-electron chi connectivity index (χ3n) is 6.97. The average molecular weight is 656 g/mol. The molecule has 0 fully saturated rings. The Morgan fingerprint density at radius 1 is 0.800 bits per heavy atom. The van der Waals surface area contributed by atoms with Crippen molar-refractivity contribution in [1.29, 1.82) is 0 Å². The second-order valence-electron chi connectivity index (χ2n) is 11.0. The number of carbonyl (C=O) groups excluding carboxylic acids is 5. The summed E-state index contributed by atoms with van der Waals surface area (Å²) in [4.78, 5) is 72.4. The normalized spacial score (nSPS) is 13.0. The highest BCUT2D eigenvalue weighted by atomic mass is 35.5.